The minimum Gasteiger partial charge on any atom is -0.357 e. The minimum absolute atomic E-state index is 0.0638. The first-order chi connectivity index (χ1) is 6.02. The van der Waals surface area contributed by atoms with Crippen LogP contribution in [0.3, 0.4) is 0 Å². The van der Waals surface area contributed by atoms with E-state index in [1.807, 2.05) is 13.8 Å². The van der Waals surface area contributed by atoms with Crippen molar-refractivity contribution >= 4 is 21.7 Å². The number of nitrogens with zero attached hydrogens (tertiary/aromatic N) is 2. The largest absolute Gasteiger partial charge is 0.357 e. The molecule has 0 aromatic heterocycles. The van der Waals surface area contributed by atoms with Crippen molar-refractivity contribution in [1.29, 1.82) is 0 Å². The molecule has 0 radical (unpaired) electrons. The summed E-state index contributed by atoms with van der Waals surface area (Å²) in [6, 6.07) is 0. The highest BCUT2D eigenvalue weighted by molar-refractivity contribution is 6.37. The van der Waals surface area contributed by atoms with Gasteiger partial charge in [0.25, 0.3) is 0 Å². The Kier molecular flexibility index (Phi) is 5.37. The van der Waals surface area contributed by atoms with Crippen molar-refractivity contribution in [1.82, 2.24) is 9.13 Å². The summed E-state index contributed by atoms with van der Waals surface area (Å²) >= 11 is 0. The first-order valence-electron chi connectivity index (χ1n) is 4.53. The lowest BCUT2D eigenvalue weighted by molar-refractivity contribution is -0.126. The molecule has 0 rings (SSSR count). The number of amides is 2. The smallest absolute Gasteiger partial charge is 0.235 e. The van der Waals surface area contributed by atoms with Crippen molar-refractivity contribution in [3.63, 3.8) is 0 Å². The van der Waals surface area contributed by atoms with E-state index in [1.54, 1.807) is 23.0 Å². The van der Waals surface area contributed by atoms with Gasteiger partial charge in [-0.25, -0.2) is 0 Å². The first kappa shape index (κ1) is 12.2. The van der Waals surface area contributed by atoms with E-state index < -0.39 is 9.84 Å². The van der Waals surface area contributed by atoms with Gasteiger partial charge in [-0.2, -0.15) is 0 Å². The summed E-state index contributed by atoms with van der Waals surface area (Å²) in [5.41, 5.74) is 0. The maximum atomic E-state index is 11.1. The standard InChI is InChI=1S/C8H18N2O2Si/c1-5-9(7(3)11)13-10(6-2)8(4)12/h5-6,13H2,1-4H3. The van der Waals surface area contributed by atoms with Crippen LogP contribution in [0.5, 0.6) is 0 Å². The van der Waals surface area contributed by atoms with Crippen LogP contribution >= 0.6 is 0 Å². The van der Waals surface area contributed by atoms with E-state index in [0.717, 1.165) is 0 Å². The topological polar surface area (TPSA) is 40.6 Å². The summed E-state index contributed by atoms with van der Waals surface area (Å²) in [5.74, 6) is 0.128. The average Bonchev–Trinajstić information content (AvgIpc) is 2.05. The van der Waals surface area contributed by atoms with Crippen molar-refractivity contribution in [3.8, 4) is 0 Å². The molecule has 4 nitrogen and oxygen atoms in total. The lowest BCUT2D eigenvalue weighted by atomic mass is 10.6. The van der Waals surface area contributed by atoms with Gasteiger partial charge in [0.2, 0.25) is 21.7 Å². The monoisotopic (exact) mass is 202 g/mol. The molecule has 0 N–H and O–H groups in total. The van der Waals surface area contributed by atoms with E-state index in [9.17, 15) is 9.59 Å². The molecule has 0 aromatic rings. The summed E-state index contributed by atoms with van der Waals surface area (Å²) in [5, 5.41) is 0. The summed E-state index contributed by atoms with van der Waals surface area (Å²) in [6.07, 6.45) is 0. The fourth-order valence-electron chi connectivity index (χ4n) is 1.05. The van der Waals surface area contributed by atoms with E-state index in [4.69, 9.17) is 0 Å². The zero-order chi connectivity index (χ0) is 10.4. The molecule has 13 heavy (non-hydrogen) atoms. The Morgan fingerprint density at radius 1 is 1.00 bits per heavy atom. The number of hydrogen-bond acceptors (Lipinski definition) is 2. The van der Waals surface area contributed by atoms with Crippen LogP contribution in [-0.4, -0.2) is 43.9 Å². The molecule has 0 saturated heterocycles. The fourth-order valence-corrected chi connectivity index (χ4v) is 2.26. The molecule has 0 aliphatic carbocycles. The summed E-state index contributed by atoms with van der Waals surface area (Å²) < 4.78 is 3.54. The Labute approximate surface area is 81.9 Å². The molecule has 0 unspecified atom stereocenters. The van der Waals surface area contributed by atoms with Crippen molar-refractivity contribution in [2.75, 3.05) is 13.1 Å². The third kappa shape index (κ3) is 4.07. The second-order valence-electron chi connectivity index (χ2n) is 2.89. The molecule has 0 atom stereocenters. The van der Waals surface area contributed by atoms with Crippen molar-refractivity contribution in [3.05, 3.63) is 0 Å². The normalized spacial score (nSPS) is 9.54. The van der Waals surface area contributed by atoms with E-state index in [2.05, 4.69) is 0 Å². The maximum Gasteiger partial charge on any atom is 0.235 e. The molecule has 0 bridgehead atoms. The number of carbonyl (C=O) groups is 2. The quantitative estimate of drug-likeness (QED) is 0.588. The van der Waals surface area contributed by atoms with Crippen LogP contribution in [0.2, 0.25) is 0 Å². The fraction of sp³-hybridized carbons (Fsp3) is 0.750. The van der Waals surface area contributed by atoms with Crippen LogP contribution in [0.4, 0.5) is 0 Å². The number of hydrogen-bond donors (Lipinski definition) is 0. The van der Waals surface area contributed by atoms with Gasteiger partial charge in [-0.1, -0.05) is 0 Å². The van der Waals surface area contributed by atoms with Gasteiger partial charge in [-0.05, 0) is 13.8 Å². The molecule has 0 aromatic carbocycles. The average molecular weight is 202 g/mol. The molecule has 5 heteroatoms. The Bertz CT molecular complexity index is 177. The van der Waals surface area contributed by atoms with E-state index >= 15 is 0 Å². The third-order valence-electron chi connectivity index (χ3n) is 2.00. The summed E-state index contributed by atoms with van der Waals surface area (Å²) in [4.78, 5) is 22.1. The molecule has 0 spiro atoms. The van der Waals surface area contributed by atoms with Crippen LogP contribution in [0.1, 0.15) is 27.7 Å². The Balaban J connectivity index is 4.19. The second-order valence-corrected chi connectivity index (χ2v) is 4.70. The van der Waals surface area contributed by atoms with Crippen LogP contribution < -0.4 is 0 Å². The molecule has 76 valence electrons. The molecule has 0 aliphatic heterocycles. The van der Waals surface area contributed by atoms with Crippen LogP contribution in [0.15, 0.2) is 0 Å². The highest BCUT2D eigenvalue weighted by Gasteiger charge is 2.13. The van der Waals surface area contributed by atoms with Crippen molar-refractivity contribution in [2.24, 2.45) is 0 Å². The minimum atomic E-state index is -0.888. The van der Waals surface area contributed by atoms with Gasteiger partial charge in [0.15, 0.2) is 0 Å². The van der Waals surface area contributed by atoms with Gasteiger partial charge >= 0.3 is 0 Å². The second kappa shape index (κ2) is 5.74. The van der Waals surface area contributed by atoms with Crippen LogP contribution in [-0.2, 0) is 9.59 Å². The molecular weight excluding hydrogens is 184 g/mol. The summed E-state index contributed by atoms with van der Waals surface area (Å²) in [7, 11) is -0.888. The van der Waals surface area contributed by atoms with E-state index in [-0.39, 0.29) is 11.8 Å². The molecule has 0 saturated carbocycles. The molecule has 2 amide bonds. The first-order valence-corrected chi connectivity index (χ1v) is 5.80. The van der Waals surface area contributed by atoms with Gasteiger partial charge in [-0.15, -0.1) is 0 Å². The van der Waals surface area contributed by atoms with Crippen LogP contribution in [0.25, 0.3) is 0 Å². The number of carbonyl (C=O) groups excluding carboxylic acids is 2. The maximum absolute atomic E-state index is 11.1. The summed E-state index contributed by atoms with van der Waals surface area (Å²) in [6.45, 7) is 8.36. The zero-order valence-electron chi connectivity index (χ0n) is 8.83. The highest BCUT2D eigenvalue weighted by Crippen LogP contribution is 1.92. The SMILES string of the molecule is CCN([SiH2]N(CC)C(C)=O)C(C)=O. The van der Waals surface area contributed by atoms with E-state index in [1.165, 1.54) is 0 Å². The lowest BCUT2D eigenvalue weighted by Gasteiger charge is -2.26. The van der Waals surface area contributed by atoms with E-state index in [0.29, 0.717) is 13.1 Å². The van der Waals surface area contributed by atoms with Gasteiger partial charge in [-0.3, -0.25) is 9.59 Å². The third-order valence-corrected chi connectivity index (χ3v) is 4.46. The Hall–Kier alpha value is -0.843. The predicted octanol–water partition coefficient (Wildman–Crippen LogP) is -0.278. The Morgan fingerprint density at radius 3 is 1.46 bits per heavy atom. The number of rotatable bonds is 4. The molecule has 0 fully saturated rings. The zero-order valence-corrected chi connectivity index (χ0v) is 10.2. The Morgan fingerprint density at radius 2 is 1.31 bits per heavy atom. The van der Waals surface area contributed by atoms with Crippen molar-refractivity contribution in [2.45, 2.75) is 27.7 Å². The van der Waals surface area contributed by atoms with Gasteiger partial charge < -0.3 is 9.13 Å². The van der Waals surface area contributed by atoms with Gasteiger partial charge in [0, 0.05) is 26.9 Å². The molecule has 0 aliphatic rings. The molecule has 0 heterocycles. The van der Waals surface area contributed by atoms with Gasteiger partial charge in [0.1, 0.15) is 0 Å². The lowest BCUT2D eigenvalue weighted by Crippen LogP contribution is -2.45. The van der Waals surface area contributed by atoms with Crippen molar-refractivity contribution < 1.29 is 9.59 Å². The molecular formula is C8H18N2O2Si. The van der Waals surface area contributed by atoms with Crippen LogP contribution in [0, 0.1) is 0 Å². The highest BCUT2D eigenvalue weighted by atomic mass is 28.2. The predicted molar refractivity (Wildman–Crippen MR) is 54.7 cm³/mol. The van der Waals surface area contributed by atoms with Gasteiger partial charge in [0.05, 0.1) is 0 Å².